The Kier molecular flexibility index (Phi) is 4.78. The summed E-state index contributed by atoms with van der Waals surface area (Å²) in [5.41, 5.74) is 0.567. The van der Waals surface area contributed by atoms with Crippen molar-refractivity contribution in [3.8, 4) is 0 Å². The Morgan fingerprint density at radius 1 is 1.29 bits per heavy atom. The fourth-order valence-corrected chi connectivity index (χ4v) is 3.63. The summed E-state index contributed by atoms with van der Waals surface area (Å²) in [6, 6.07) is 5.07. The second-order valence-corrected chi connectivity index (χ2v) is 6.38. The number of Topliss-reactive ketones (excluding diaryl/α,β-unsaturated/α-hetero) is 1. The highest BCUT2D eigenvalue weighted by Gasteiger charge is 2.19. The number of carbonyl (C=O) groups excluding carboxylic acids is 1. The highest BCUT2D eigenvalue weighted by Crippen LogP contribution is 2.28. The molecule has 0 N–H and O–H groups in total. The molecule has 92 valence electrons. The van der Waals surface area contributed by atoms with Gasteiger partial charge in [-0.25, -0.2) is 0 Å². The molecule has 1 heterocycles. The molecule has 0 aromatic heterocycles. The second-order valence-electron chi connectivity index (χ2n) is 4.31. The van der Waals surface area contributed by atoms with Crippen molar-refractivity contribution in [2.75, 3.05) is 11.5 Å². The van der Waals surface area contributed by atoms with Crippen molar-refractivity contribution in [1.82, 2.24) is 0 Å². The molecule has 2 rings (SSSR count). The summed E-state index contributed by atoms with van der Waals surface area (Å²) in [4.78, 5) is 12.1. The Balaban J connectivity index is 2.05. The van der Waals surface area contributed by atoms with Crippen LogP contribution >= 0.6 is 35.0 Å². The predicted molar refractivity (Wildman–Crippen MR) is 75.5 cm³/mol. The molecule has 1 fully saturated rings. The second kappa shape index (κ2) is 6.12. The zero-order valence-corrected chi connectivity index (χ0v) is 11.7. The third-order valence-corrected chi connectivity index (χ3v) is 4.66. The molecule has 4 heteroatoms. The summed E-state index contributed by atoms with van der Waals surface area (Å²) in [5, 5.41) is 1.07. The van der Waals surface area contributed by atoms with E-state index in [2.05, 4.69) is 0 Å². The van der Waals surface area contributed by atoms with Crippen molar-refractivity contribution in [2.24, 2.45) is 5.92 Å². The number of hydrogen-bond acceptors (Lipinski definition) is 2. The van der Waals surface area contributed by atoms with Crippen LogP contribution in [0.4, 0.5) is 0 Å². The van der Waals surface area contributed by atoms with Crippen molar-refractivity contribution in [1.29, 1.82) is 0 Å². The number of halogens is 2. The van der Waals surface area contributed by atoms with Gasteiger partial charge in [0.15, 0.2) is 5.78 Å². The van der Waals surface area contributed by atoms with Crippen LogP contribution in [0, 0.1) is 5.92 Å². The maximum Gasteiger partial charge on any atom is 0.164 e. The Bertz CT molecular complexity index is 414. The van der Waals surface area contributed by atoms with E-state index < -0.39 is 0 Å². The highest BCUT2D eigenvalue weighted by molar-refractivity contribution is 7.99. The van der Waals surface area contributed by atoms with Crippen LogP contribution in [0.15, 0.2) is 18.2 Å². The number of thioether (sulfide) groups is 1. The smallest absolute Gasteiger partial charge is 0.164 e. The summed E-state index contributed by atoms with van der Waals surface area (Å²) < 4.78 is 0. The quantitative estimate of drug-likeness (QED) is 0.750. The number of ketones is 1. The first kappa shape index (κ1) is 13.3. The van der Waals surface area contributed by atoms with Crippen molar-refractivity contribution in [3.05, 3.63) is 33.8 Å². The first-order valence-electron chi connectivity index (χ1n) is 5.73. The van der Waals surface area contributed by atoms with Gasteiger partial charge in [0.25, 0.3) is 0 Å². The summed E-state index contributed by atoms with van der Waals surface area (Å²) in [6.07, 6.45) is 2.86. The van der Waals surface area contributed by atoms with Crippen LogP contribution in [-0.4, -0.2) is 17.3 Å². The number of carbonyl (C=O) groups is 1. The van der Waals surface area contributed by atoms with Crippen molar-refractivity contribution in [2.45, 2.75) is 19.3 Å². The van der Waals surface area contributed by atoms with Crippen LogP contribution in [0.3, 0.4) is 0 Å². The molecule has 1 aromatic carbocycles. The van der Waals surface area contributed by atoms with Gasteiger partial charge in [-0.2, -0.15) is 11.8 Å². The van der Waals surface area contributed by atoms with E-state index in [9.17, 15) is 4.79 Å². The Hall–Kier alpha value is -0.180. The third-order valence-electron chi connectivity index (χ3n) is 3.04. The number of rotatable bonds is 3. The van der Waals surface area contributed by atoms with Gasteiger partial charge in [-0.3, -0.25) is 4.79 Å². The zero-order chi connectivity index (χ0) is 12.3. The van der Waals surface area contributed by atoms with Gasteiger partial charge in [-0.1, -0.05) is 23.2 Å². The molecule has 0 unspecified atom stereocenters. The third kappa shape index (κ3) is 3.64. The molecule has 1 aliphatic rings. The van der Waals surface area contributed by atoms with E-state index in [1.165, 1.54) is 11.5 Å². The SMILES string of the molecule is O=C(CC1CCSCC1)c1cc(Cl)ccc1Cl. The van der Waals surface area contributed by atoms with Gasteiger partial charge in [0.1, 0.15) is 0 Å². The molecule has 17 heavy (non-hydrogen) atoms. The van der Waals surface area contributed by atoms with Crippen molar-refractivity contribution >= 4 is 40.7 Å². The Labute approximate surface area is 116 Å². The molecular weight excluding hydrogens is 275 g/mol. The van der Waals surface area contributed by atoms with E-state index in [4.69, 9.17) is 23.2 Å². The zero-order valence-electron chi connectivity index (χ0n) is 9.42. The van der Waals surface area contributed by atoms with Crippen molar-refractivity contribution in [3.63, 3.8) is 0 Å². The van der Waals surface area contributed by atoms with Gasteiger partial charge in [0.05, 0.1) is 5.02 Å². The van der Waals surface area contributed by atoms with E-state index >= 15 is 0 Å². The lowest BCUT2D eigenvalue weighted by molar-refractivity contribution is 0.0959. The van der Waals surface area contributed by atoms with Crippen LogP contribution in [-0.2, 0) is 0 Å². The van der Waals surface area contributed by atoms with E-state index in [1.54, 1.807) is 18.2 Å². The Morgan fingerprint density at radius 2 is 2.00 bits per heavy atom. The molecule has 1 nitrogen and oxygen atoms in total. The number of hydrogen-bond donors (Lipinski definition) is 0. The lowest BCUT2D eigenvalue weighted by Crippen LogP contribution is -2.14. The minimum atomic E-state index is 0.120. The van der Waals surface area contributed by atoms with Crippen LogP contribution in [0.1, 0.15) is 29.6 Å². The molecule has 1 aliphatic heterocycles. The molecule has 0 spiro atoms. The first-order valence-corrected chi connectivity index (χ1v) is 7.64. The molecule has 0 saturated carbocycles. The average molecular weight is 289 g/mol. The molecule has 0 atom stereocenters. The van der Waals surface area contributed by atoms with Crippen LogP contribution in [0.5, 0.6) is 0 Å². The van der Waals surface area contributed by atoms with E-state index in [-0.39, 0.29) is 5.78 Å². The van der Waals surface area contributed by atoms with Gasteiger partial charge in [0, 0.05) is 17.0 Å². The lowest BCUT2D eigenvalue weighted by Gasteiger charge is -2.20. The molecule has 0 amide bonds. The van der Waals surface area contributed by atoms with E-state index in [0.29, 0.717) is 27.9 Å². The highest BCUT2D eigenvalue weighted by atomic mass is 35.5. The molecule has 1 saturated heterocycles. The van der Waals surface area contributed by atoms with Crippen LogP contribution < -0.4 is 0 Å². The summed E-state index contributed by atoms with van der Waals surface area (Å²) in [6.45, 7) is 0. The normalized spacial score (nSPS) is 17.1. The first-order chi connectivity index (χ1) is 8.16. The van der Waals surface area contributed by atoms with Gasteiger partial charge in [-0.05, 0) is 48.5 Å². The molecule has 0 aliphatic carbocycles. The fourth-order valence-electron chi connectivity index (χ4n) is 2.03. The molecule has 0 radical (unpaired) electrons. The van der Waals surface area contributed by atoms with Crippen molar-refractivity contribution < 1.29 is 4.79 Å². The Morgan fingerprint density at radius 3 is 2.71 bits per heavy atom. The summed E-state index contributed by atoms with van der Waals surface area (Å²) in [7, 11) is 0. The maximum atomic E-state index is 12.1. The molecule has 0 bridgehead atoms. The average Bonchev–Trinajstić information content (AvgIpc) is 2.33. The largest absolute Gasteiger partial charge is 0.294 e. The predicted octanol–water partition coefficient (Wildman–Crippen LogP) is 4.71. The monoisotopic (exact) mass is 288 g/mol. The minimum absolute atomic E-state index is 0.120. The van der Waals surface area contributed by atoms with Crippen LogP contribution in [0.25, 0.3) is 0 Å². The molecule has 1 aromatic rings. The van der Waals surface area contributed by atoms with Gasteiger partial charge in [0.2, 0.25) is 0 Å². The summed E-state index contributed by atoms with van der Waals surface area (Å²) in [5.74, 6) is 2.97. The molecular formula is C13H14Cl2OS. The van der Waals surface area contributed by atoms with E-state index in [0.717, 1.165) is 12.8 Å². The lowest BCUT2D eigenvalue weighted by atomic mass is 9.93. The van der Waals surface area contributed by atoms with Gasteiger partial charge < -0.3 is 0 Å². The minimum Gasteiger partial charge on any atom is -0.294 e. The van der Waals surface area contributed by atoms with E-state index in [1.807, 2.05) is 11.8 Å². The summed E-state index contributed by atoms with van der Waals surface area (Å²) >= 11 is 13.9. The number of benzene rings is 1. The topological polar surface area (TPSA) is 17.1 Å². The van der Waals surface area contributed by atoms with Gasteiger partial charge >= 0.3 is 0 Å². The fraction of sp³-hybridized carbons (Fsp3) is 0.462. The maximum absolute atomic E-state index is 12.1. The van der Waals surface area contributed by atoms with Crippen LogP contribution in [0.2, 0.25) is 10.0 Å². The van der Waals surface area contributed by atoms with Gasteiger partial charge in [-0.15, -0.1) is 0 Å². The standard InChI is InChI=1S/C13H14Cl2OS/c14-10-1-2-12(15)11(8-10)13(16)7-9-3-5-17-6-4-9/h1-2,8-9H,3-7H2.